The van der Waals surface area contributed by atoms with Gasteiger partial charge in [0, 0.05) is 17.2 Å². The minimum atomic E-state index is -0.100. The average Bonchev–Trinajstić information content (AvgIpc) is 2.66. The molecule has 0 fully saturated rings. The number of ketones is 2. The minimum Gasteiger partial charge on any atom is -0.374 e. The molecular formula is C21H21NO2S. The van der Waals surface area contributed by atoms with Gasteiger partial charge in [0.2, 0.25) is 11.6 Å². The molecule has 1 atom stereocenters. The number of fused-ring (bicyclic) bond motifs is 1. The molecule has 2 aromatic carbocycles. The van der Waals surface area contributed by atoms with Crippen molar-refractivity contribution in [3.8, 4) is 0 Å². The highest BCUT2D eigenvalue weighted by atomic mass is 32.2. The zero-order valence-corrected chi connectivity index (χ0v) is 15.2. The molecule has 0 amide bonds. The number of nitrogens with one attached hydrogen (secondary N) is 1. The lowest BCUT2D eigenvalue weighted by Gasteiger charge is -2.24. The van der Waals surface area contributed by atoms with Gasteiger partial charge in [-0.3, -0.25) is 9.59 Å². The van der Waals surface area contributed by atoms with Crippen LogP contribution in [0.4, 0.5) is 0 Å². The SMILES string of the molecule is CCCSC1=C(NC(C)c2ccccc2)C(=O)c2ccccc2C1=O. The predicted molar refractivity (Wildman–Crippen MR) is 103 cm³/mol. The van der Waals surface area contributed by atoms with Crippen molar-refractivity contribution in [2.75, 3.05) is 5.75 Å². The van der Waals surface area contributed by atoms with Crippen molar-refractivity contribution in [2.45, 2.75) is 26.3 Å². The third-order valence-corrected chi connectivity index (χ3v) is 5.48. The Kier molecular flexibility index (Phi) is 5.39. The second-order valence-corrected chi connectivity index (χ2v) is 7.14. The number of hydrogen-bond acceptors (Lipinski definition) is 4. The first-order valence-electron chi connectivity index (χ1n) is 8.50. The molecule has 0 aromatic heterocycles. The number of thioether (sulfide) groups is 1. The van der Waals surface area contributed by atoms with Gasteiger partial charge < -0.3 is 5.32 Å². The van der Waals surface area contributed by atoms with Crippen LogP contribution in [-0.2, 0) is 0 Å². The Morgan fingerprint density at radius 1 is 0.920 bits per heavy atom. The van der Waals surface area contributed by atoms with Crippen molar-refractivity contribution < 1.29 is 9.59 Å². The van der Waals surface area contributed by atoms with Crippen LogP contribution >= 0.6 is 11.8 Å². The highest BCUT2D eigenvalue weighted by Gasteiger charge is 2.32. The zero-order valence-electron chi connectivity index (χ0n) is 14.4. The summed E-state index contributed by atoms with van der Waals surface area (Å²) in [4.78, 5) is 26.5. The molecule has 1 aliphatic rings. The minimum absolute atomic E-state index is 0.0589. The molecular weight excluding hydrogens is 330 g/mol. The number of rotatable bonds is 6. The molecule has 128 valence electrons. The summed E-state index contributed by atoms with van der Waals surface area (Å²) in [6, 6.07) is 16.9. The molecule has 1 unspecified atom stereocenters. The topological polar surface area (TPSA) is 46.2 Å². The number of carbonyl (C=O) groups excluding carboxylic acids is 2. The van der Waals surface area contributed by atoms with E-state index in [2.05, 4.69) is 12.2 Å². The van der Waals surface area contributed by atoms with Crippen molar-refractivity contribution in [3.05, 3.63) is 81.9 Å². The smallest absolute Gasteiger partial charge is 0.210 e. The summed E-state index contributed by atoms with van der Waals surface area (Å²) in [5.74, 6) is 0.648. The summed E-state index contributed by atoms with van der Waals surface area (Å²) in [5.41, 5.74) is 2.49. The maximum Gasteiger partial charge on any atom is 0.210 e. The van der Waals surface area contributed by atoms with Gasteiger partial charge in [0.1, 0.15) is 5.70 Å². The maximum absolute atomic E-state index is 13.0. The summed E-state index contributed by atoms with van der Waals surface area (Å²) in [5, 5.41) is 3.30. The molecule has 0 bridgehead atoms. The third-order valence-electron chi connectivity index (χ3n) is 4.19. The van der Waals surface area contributed by atoms with E-state index < -0.39 is 0 Å². The Balaban J connectivity index is 1.99. The molecule has 3 rings (SSSR count). The van der Waals surface area contributed by atoms with Gasteiger partial charge in [-0.25, -0.2) is 0 Å². The molecule has 0 radical (unpaired) electrons. The van der Waals surface area contributed by atoms with Crippen molar-refractivity contribution in [3.63, 3.8) is 0 Å². The fraction of sp³-hybridized carbons (Fsp3) is 0.238. The van der Waals surface area contributed by atoms with Crippen LogP contribution in [0.2, 0.25) is 0 Å². The molecule has 2 aromatic rings. The largest absolute Gasteiger partial charge is 0.374 e. The van der Waals surface area contributed by atoms with Crippen molar-refractivity contribution >= 4 is 23.3 Å². The molecule has 3 nitrogen and oxygen atoms in total. The van der Waals surface area contributed by atoms with E-state index >= 15 is 0 Å². The highest BCUT2D eigenvalue weighted by molar-refractivity contribution is 8.04. The molecule has 0 heterocycles. The van der Waals surface area contributed by atoms with Gasteiger partial charge in [0.15, 0.2) is 0 Å². The summed E-state index contributed by atoms with van der Waals surface area (Å²) < 4.78 is 0. The van der Waals surface area contributed by atoms with Gasteiger partial charge in [-0.15, -0.1) is 11.8 Å². The lowest BCUT2D eigenvalue weighted by atomic mass is 9.92. The fourth-order valence-electron chi connectivity index (χ4n) is 2.87. The summed E-state index contributed by atoms with van der Waals surface area (Å²) in [6.07, 6.45) is 0.943. The van der Waals surface area contributed by atoms with Gasteiger partial charge in [-0.2, -0.15) is 0 Å². The summed E-state index contributed by atoms with van der Waals surface area (Å²) in [6.45, 7) is 4.07. The Morgan fingerprint density at radius 2 is 1.52 bits per heavy atom. The monoisotopic (exact) mass is 351 g/mol. The van der Waals surface area contributed by atoms with E-state index in [-0.39, 0.29) is 17.6 Å². The number of hydrogen-bond donors (Lipinski definition) is 1. The standard InChI is InChI=1S/C21H21NO2S/c1-3-13-25-21-18(22-14(2)15-9-5-4-6-10-15)19(23)16-11-7-8-12-17(16)20(21)24/h4-12,14,22H,3,13H2,1-2H3. The molecule has 0 saturated heterocycles. The van der Waals surface area contributed by atoms with Crippen LogP contribution in [0.5, 0.6) is 0 Å². The Bertz CT molecular complexity index is 827. The van der Waals surface area contributed by atoms with Gasteiger partial charge in [-0.05, 0) is 24.7 Å². The van der Waals surface area contributed by atoms with Gasteiger partial charge >= 0.3 is 0 Å². The fourth-order valence-corrected chi connectivity index (χ4v) is 3.81. The van der Waals surface area contributed by atoms with E-state index in [4.69, 9.17) is 0 Å². The summed E-state index contributed by atoms with van der Waals surface area (Å²) >= 11 is 1.46. The number of allylic oxidation sites excluding steroid dienone is 2. The third kappa shape index (κ3) is 3.54. The van der Waals surface area contributed by atoms with Crippen LogP contribution < -0.4 is 5.32 Å². The normalized spacial score (nSPS) is 15.1. The van der Waals surface area contributed by atoms with Gasteiger partial charge in [0.05, 0.1) is 4.91 Å². The highest BCUT2D eigenvalue weighted by Crippen LogP contribution is 2.33. The van der Waals surface area contributed by atoms with Crippen molar-refractivity contribution in [2.24, 2.45) is 0 Å². The first kappa shape index (κ1) is 17.5. The second-order valence-electron chi connectivity index (χ2n) is 6.03. The molecule has 0 saturated carbocycles. The van der Waals surface area contributed by atoms with E-state index in [1.165, 1.54) is 11.8 Å². The van der Waals surface area contributed by atoms with Crippen LogP contribution in [0.1, 0.15) is 52.6 Å². The van der Waals surface area contributed by atoms with Crippen molar-refractivity contribution in [1.82, 2.24) is 5.32 Å². The Morgan fingerprint density at radius 3 is 2.16 bits per heavy atom. The molecule has 1 N–H and O–H groups in total. The molecule has 0 spiro atoms. The number of Topliss-reactive ketones (excluding diaryl/α,β-unsaturated/α-hetero) is 2. The van der Waals surface area contributed by atoms with Crippen LogP contribution in [0, 0.1) is 0 Å². The van der Waals surface area contributed by atoms with Gasteiger partial charge in [-0.1, -0.05) is 61.5 Å². The summed E-state index contributed by atoms with van der Waals surface area (Å²) in [7, 11) is 0. The zero-order chi connectivity index (χ0) is 17.8. The first-order valence-corrected chi connectivity index (χ1v) is 9.49. The molecule has 1 aliphatic carbocycles. The number of carbonyl (C=O) groups is 2. The van der Waals surface area contributed by atoms with Gasteiger partial charge in [0.25, 0.3) is 0 Å². The molecule has 25 heavy (non-hydrogen) atoms. The Labute approximate surface area is 152 Å². The lowest BCUT2D eigenvalue weighted by Crippen LogP contribution is -2.31. The first-order chi connectivity index (χ1) is 12.1. The predicted octanol–water partition coefficient (Wildman–Crippen LogP) is 4.77. The second kappa shape index (κ2) is 7.70. The number of benzene rings is 2. The van der Waals surface area contributed by atoms with E-state index in [1.807, 2.05) is 37.3 Å². The maximum atomic E-state index is 13.0. The van der Waals surface area contributed by atoms with E-state index in [0.29, 0.717) is 21.7 Å². The molecule has 4 heteroatoms. The lowest BCUT2D eigenvalue weighted by molar-refractivity contribution is 0.0974. The van der Waals surface area contributed by atoms with Crippen LogP contribution in [0.15, 0.2) is 65.2 Å². The van der Waals surface area contributed by atoms with Crippen LogP contribution in [0.3, 0.4) is 0 Å². The van der Waals surface area contributed by atoms with Crippen LogP contribution in [0.25, 0.3) is 0 Å². The van der Waals surface area contributed by atoms with E-state index in [9.17, 15) is 9.59 Å². The van der Waals surface area contributed by atoms with Crippen LogP contribution in [-0.4, -0.2) is 17.3 Å². The van der Waals surface area contributed by atoms with Crippen molar-refractivity contribution in [1.29, 1.82) is 0 Å². The Hall–Kier alpha value is -2.33. The molecule has 0 aliphatic heterocycles. The van der Waals surface area contributed by atoms with E-state index in [0.717, 1.165) is 17.7 Å². The average molecular weight is 351 g/mol. The quantitative estimate of drug-likeness (QED) is 0.814. The van der Waals surface area contributed by atoms with E-state index in [1.54, 1.807) is 24.3 Å².